The predicted molar refractivity (Wildman–Crippen MR) is 143 cm³/mol. The van der Waals surface area contributed by atoms with Crippen LogP contribution in [0.4, 0.5) is 4.39 Å². The molecule has 11 heteroatoms. The van der Waals surface area contributed by atoms with Crippen LogP contribution in [0.1, 0.15) is 65.0 Å². The summed E-state index contributed by atoms with van der Waals surface area (Å²) in [6, 6.07) is 9.56. The molecule has 1 fully saturated rings. The molecule has 1 amide bonds. The molecule has 0 aliphatic heterocycles. The number of hydrogen-bond acceptors (Lipinski definition) is 7. The molecule has 0 unspecified atom stereocenters. The summed E-state index contributed by atoms with van der Waals surface area (Å²) in [5.41, 5.74) is 0.155. The van der Waals surface area contributed by atoms with Gasteiger partial charge in [-0.05, 0) is 83.2 Å². The number of sulfonamides is 1. The van der Waals surface area contributed by atoms with Crippen LogP contribution in [0, 0.1) is 11.7 Å². The molecule has 1 atom stereocenters. The van der Waals surface area contributed by atoms with Gasteiger partial charge in [0.1, 0.15) is 11.4 Å². The van der Waals surface area contributed by atoms with Crippen molar-refractivity contribution >= 4 is 21.9 Å². The van der Waals surface area contributed by atoms with E-state index in [1.54, 1.807) is 32.9 Å². The normalized spacial score (nSPS) is 18.6. The fraction of sp³-hybridized carbons (Fsp3) is 0.500. The number of methoxy groups -OCH3 is 1. The molecular formula is C28H37FN2O7S. The highest BCUT2D eigenvalue weighted by Gasteiger charge is 2.30. The SMILES string of the molecule is COc1cc(S(=O)(=O)NC2CCC(C(=O)N[C@H](C)c3ccc(F)cc3)CC2)ccc1OCC(=O)OC(C)(C)C. The summed E-state index contributed by atoms with van der Waals surface area (Å²) < 4.78 is 58.0. The van der Waals surface area contributed by atoms with Gasteiger partial charge in [0.25, 0.3) is 0 Å². The van der Waals surface area contributed by atoms with Gasteiger partial charge in [-0.1, -0.05) is 12.1 Å². The zero-order chi connectivity index (χ0) is 28.8. The second-order valence-electron chi connectivity index (χ2n) is 10.6. The highest BCUT2D eigenvalue weighted by atomic mass is 32.2. The van der Waals surface area contributed by atoms with Gasteiger partial charge in [0.15, 0.2) is 18.1 Å². The Morgan fingerprint density at radius 3 is 2.26 bits per heavy atom. The van der Waals surface area contributed by atoms with E-state index < -0.39 is 21.6 Å². The van der Waals surface area contributed by atoms with Gasteiger partial charge >= 0.3 is 5.97 Å². The number of carbonyl (C=O) groups is 2. The second-order valence-corrected chi connectivity index (χ2v) is 12.4. The summed E-state index contributed by atoms with van der Waals surface area (Å²) in [5, 5.41) is 2.97. The zero-order valence-electron chi connectivity index (χ0n) is 23.0. The highest BCUT2D eigenvalue weighted by Crippen LogP contribution is 2.31. The van der Waals surface area contributed by atoms with Crippen molar-refractivity contribution in [1.82, 2.24) is 10.0 Å². The number of carbonyl (C=O) groups excluding carboxylic acids is 2. The summed E-state index contributed by atoms with van der Waals surface area (Å²) in [6.45, 7) is 6.73. The first kappa shape index (κ1) is 30.4. The predicted octanol–water partition coefficient (Wildman–Crippen LogP) is 4.27. The molecule has 0 radical (unpaired) electrons. The number of esters is 1. The van der Waals surface area contributed by atoms with Gasteiger partial charge in [0, 0.05) is 18.0 Å². The quantitative estimate of drug-likeness (QED) is 0.414. The Bertz CT molecular complexity index is 1250. The third-order valence-corrected chi connectivity index (χ3v) is 7.88. The smallest absolute Gasteiger partial charge is 0.344 e. The molecule has 39 heavy (non-hydrogen) atoms. The number of hydrogen-bond donors (Lipinski definition) is 2. The summed E-state index contributed by atoms with van der Waals surface area (Å²) >= 11 is 0. The molecule has 2 N–H and O–H groups in total. The third kappa shape index (κ3) is 8.93. The molecule has 1 aliphatic carbocycles. The van der Waals surface area contributed by atoms with Crippen LogP contribution in [-0.2, 0) is 24.3 Å². The van der Waals surface area contributed by atoms with Gasteiger partial charge in [-0.15, -0.1) is 0 Å². The second kappa shape index (κ2) is 12.8. The van der Waals surface area contributed by atoms with E-state index in [4.69, 9.17) is 14.2 Å². The molecule has 1 saturated carbocycles. The van der Waals surface area contributed by atoms with Crippen molar-refractivity contribution in [3.63, 3.8) is 0 Å². The van der Waals surface area contributed by atoms with E-state index in [-0.39, 0.29) is 52.7 Å². The molecule has 1 aliphatic rings. The molecule has 214 valence electrons. The molecule has 3 rings (SSSR count). The van der Waals surface area contributed by atoms with Crippen molar-refractivity contribution < 1.29 is 36.6 Å². The minimum absolute atomic E-state index is 0.00282. The maximum Gasteiger partial charge on any atom is 0.344 e. The standard InChI is InChI=1S/C28H37FN2O7S/c1-18(19-6-10-21(29)11-7-19)30-27(33)20-8-12-22(13-9-20)31-39(34,35)23-14-15-24(25(16-23)36-5)37-17-26(32)38-28(2,3)4/h6-7,10-11,14-16,18,20,22,31H,8-9,12-13,17H2,1-5H3,(H,30,33)/t18-,20?,22?/m1/s1. The number of halogens is 1. The van der Waals surface area contributed by atoms with Crippen LogP contribution in [0.2, 0.25) is 0 Å². The minimum atomic E-state index is -3.87. The van der Waals surface area contributed by atoms with E-state index in [9.17, 15) is 22.4 Å². The fourth-order valence-electron chi connectivity index (χ4n) is 4.37. The highest BCUT2D eigenvalue weighted by molar-refractivity contribution is 7.89. The molecule has 2 aromatic carbocycles. The molecule has 9 nitrogen and oxygen atoms in total. The summed E-state index contributed by atoms with van der Waals surface area (Å²) in [6.07, 6.45) is 2.10. The lowest BCUT2D eigenvalue weighted by molar-refractivity contribution is -0.157. The summed E-state index contributed by atoms with van der Waals surface area (Å²) in [5.74, 6) is -0.841. The zero-order valence-corrected chi connectivity index (χ0v) is 23.8. The molecule has 0 saturated heterocycles. The van der Waals surface area contributed by atoms with Crippen LogP contribution in [0.25, 0.3) is 0 Å². The van der Waals surface area contributed by atoms with Gasteiger partial charge in [-0.2, -0.15) is 0 Å². The van der Waals surface area contributed by atoms with E-state index in [1.807, 2.05) is 6.92 Å². The average molecular weight is 565 g/mol. The molecule has 2 aromatic rings. The van der Waals surface area contributed by atoms with Gasteiger partial charge in [0.2, 0.25) is 15.9 Å². The summed E-state index contributed by atoms with van der Waals surface area (Å²) in [7, 11) is -2.49. The van der Waals surface area contributed by atoms with Gasteiger partial charge in [-0.25, -0.2) is 22.3 Å². The van der Waals surface area contributed by atoms with Crippen molar-refractivity contribution in [2.45, 2.75) is 76.0 Å². The van der Waals surface area contributed by atoms with E-state index >= 15 is 0 Å². The average Bonchev–Trinajstić information content (AvgIpc) is 2.86. The topological polar surface area (TPSA) is 120 Å². The Hall–Kier alpha value is -3.18. The van der Waals surface area contributed by atoms with Gasteiger partial charge in [0.05, 0.1) is 18.0 Å². The van der Waals surface area contributed by atoms with E-state index in [0.29, 0.717) is 25.7 Å². The van der Waals surface area contributed by atoms with Crippen molar-refractivity contribution in [3.8, 4) is 11.5 Å². The Morgan fingerprint density at radius 1 is 1.03 bits per heavy atom. The number of ether oxygens (including phenoxy) is 3. The van der Waals surface area contributed by atoms with Crippen LogP contribution < -0.4 is 19.5 Å². The van der Waals surface area contributed by atoms with Crippen LogP contribution in [-0.4, -0.2) is 45.7 Å². The van der Waals surface area contributed by atoms with Crippen molar-refractivity contribution in [2.75, 3.05) is 13.7 Å². The van der Waals surface area contributed by atoms with Crippen molar-refractivity contribution in [3.05, 3.63) is 53.8 Å². The molecule has 0 bridgehead atoms. The minimum Gasteiger partial charge on any atom is -0.493 e. The molecule has 0 heterocycles. The first-order chi connectivity index (χ1) is 18.3. The Labute approximate surface area is 229 Å². The monoisotopic (exact) mass is 564 g/mol. The van der Waals surface area contributed by atoms with Gasteiger partial charge in [-0.3, -0.25) is 4.79 Å². The number of benzene rings is 2. The van der Waals surface area contributed by atoms with E-state index in [2.05, 4.69) is 10.0 Å². The first-order valence-corrected chi connectivity index (χ1v) is 14.4. The lowest BCUT2D eigenvalue weighted by Crippen LogP contribution is -2.41. The van der Waals surface area contributed by atoms with Crippen LogP contribution in [0.15, 0.2) is 47.4 Å². The van der Waals surface area contributed by atoms with Gasteiger partial charge < -0.3 is 19.5 Å². The Balaban J connectivity index is 1.54. The van der Waals surface area contributed by atoms with E-state index in [0.717, 1.165) is 5.56 Å². The number of rotatable bonds is 10. The fourth-order valence-corrected chi connectivity index (χ4v) is 5.69. The van der Waals surface area contributed by atoms with Crippen LogP contribution >= 0.6 is 0 Å². The largest absolute Gasteiger partial charge is 0.493 e. The summed E-state index contributed by atoms with van der Waals surface area (Å²) in [4.78, 5) is 24.7. The van der Waals surface area contributed by atoms with E-state index in [1.165, 1.54) is 37.4 Å². The number of nitrogens with one attached hydrogen (secondary N) is 2. The lowest BCUT2D eigenvalue weighted by atomic mass is 9.85. The lowest BCUT2D eigenvalue weighted by Gasteiger charge is -2.29. The van der Waals surface area contributed by atoms with Crippen LogP contribution in [0.3, 0.4) is 0 Å². The number of amides is 1. The maximum absolute atomic E-state index is 13.2. The first-order valence-electron chi connectivity index (χ1n) is 12.9. The third-order valence-electron chi connectivity index (χ3n) is 6.36. The van der Waals surface area contributed by atoms with Crippen molar-refractivity contribution in [1.29, 1.82) is 0 Å². The Kier molecular flexibility index (Phi) is 9.95. The molecule has 0 aromatic heterocycles. The molecule has 0 spiro atoms. The van der Waals surface area contributed by atoms with Crippen LogP contribution in [0.5, 0.6) is 11.5 Å². The maximum atomic E-state index is 13.2. The van der Waals surface area contributed by atoms with Crippen molar-refractivity contribution in [2.24, 2.45) is 5.92 Å². The molecular weight excluding hydrogens is 527 g/mol. The Morgan fingerprint density at radius 2 is 1.67 bits per heavy atom.